The molecule has 1 N–H and O–H groups in total. The Kier molecular flexibility index (Phi) is 10.8. The fourth-order valence-corrected chi connectivity index (χ4v) is 3.23. The van der Waals surface area contributed by atoms with E-state index in [9.17, 15) is 4.79 Å². The van der Waals surface area contributed by atoms with Crippen LogP contribution in [0.25, 0.3) is 0 Å². The highest BCUT2D eigenvalue weighted by Crippen LogP contribution is 2.24. The van der Waals surface area contributed by atoms with Gasteiger partial charge in [-0.1, -0.05) is 69.8 Å². The van der Waals surface area contributed by atoms with E-state index in [0.29, 0.717) is 6.42 Å². The van der Waals surface area contributed by atoms with E-state index >= 15 is 0 Å². The molecule has 2 nitrogen and oxygen atoms in total. The summed E-state index contributed by atoms with van der Waals surface area (Å²) in [7, 11) is 0. The van der Waals surface area contributed by atoms with E-state index in [-0.39, 0.29) is 6.42 Å². The number of allylic oxidation sites excluding steroid dienone is 4. The van der Waals surface area contributed by atoms with Crippen molar-refractivity contribution in [1.29, 1.82) is 0 Å². The lowest BCUT2D eigenvalue weighted by Gasteiger charge is -2.12. The van der Waals surface area contributed by atoms with Gasteiger partial charge in [-0.3, -0.25) is 4.79 Å². The van der Waals surface area contributed by atoms with Crippen LogP contribution in [-0.4, -0.2) is 11.1 Å². The molecule has 0 unspecified atom stereocenters. The molecule has 0 radical (unpaired) electrons. The van der Waals surface area contributed by atoms with Gasteiger partial charge < -0.3 is 5.11 Å². The van der Waals surface area contributed by atoms with Crippen LogP contribution in [-0.2, 0) is 4.79 Å². The van der Waals surface area contributed by atoms with Crippen molar-refractivity contribution in [3.63, 3.8) is 0 Å². The zero-order valence-corrected chi connectivity index (χ0v) is 14.3. The molecule has 0 heterocycles. The van der Waals surface area contributed by atoms with E-state index in [4.69, 9.17) is 5.11 Å². The van der Waals surface area contributed by atoms with Crippen LogP contribution in [0.1, 0.15) is 84.0 Å². The molecule has 0 saturated carbocycles. The number of aliphatic carboxylic acids is 1. The Morgan fingerprint density at radius 3 is 2.77 bits per heavy atom. The largest absolute Gasteiger partial charge is 0.481 e. The molecule has 1 aliphatic rings. The number of carboxylic acid groups (broad SMARTS) is 1. The van der Waals surface area contributed by atoms with Crippen LogP contribution in [0.2, 0.25) is 0 Å². The second kappa shape index (κ2) is 12.5. The molecular formula is C20H34O2. The molecule has 0 spiro atoms. The minimum Gasteiger partial charge on any atom is -0.481 e. The third-order valence-corrected chi connectivity index (χ3v) is 4.79. The maximum atomic E-state index is 10.4. The number of carboxylic acids is 1. The van der Waals surface area contributed by atoms with Gasteiger partial charge in [-0.25, -0.2) is 0 Å². The van der Waals surface area contributed by atoms with Gasteiger partial charge in [-0.15, -0.1) is 0 Å². The van der Waals surface area contributed by atoms with Gasteiger partial charge in [0.1, 0.15) is 0 Å². The third-order valence-electron chi connectivity index (χ3n) is 4.79. The van der Waals surface area contributed by atoms with Crippen LogP contribution >= 0.6 is 0 Å². The molecule has 126 valence electrons. The maximum absolute atomic E-state index is 10.4. The van der Waals surface area contributed by atoms with Crippen molar-refractivity contribution in [2.45, 2.75) is 84.0 Å². The van der Waals surface area contributed by atoms with Gasteiger partial charge in [0.25, 0.3) is 0 Å². The van der Waals surface area contributed by atoms with Crippen LogP contribution in [0.5, 0.6) is 0 Å². The molecule has 0 aromatic heterocycles. The lowest BCUT2D eigenvalue weighted by Crippen LogP contribution is -1.98. The first kappa shape index (κ1) is 19.0. The fraction of sp³-hybridized carbons (Fsp3) is 0.750. The summed E-state index contributed by atoms with van der Waals surface area (Å²) >= 11 is 0. The topological polar surface area (TPSA) is 37.3 Å². The maximum Gasteiger partial charge on any atom is 0.303 e. The second-order valence-electron chi connectivity index (χ2n) is 6.67. The van der Waals surface area contributed by atoms with E-state index in [0.717, 1.165) is 18.3 Å². The number of carbonyl (C=O) groups is 1. The second-order valence-corrected chi connectivity index (χ2v) is 6.67. The van der Waals surface area contributed by atoms with Crippen molar-refractivity contribution in [2.24, 2.45) is 11.8 Å². The van der Waals surface area contributed by atoms with Crippen LogP contribution in [0, 0.1) is 11.8 Å². The van der Waals surface area contributed by atoms with Crippen LogP contribution in [0.4, 0.5) is 0 Å². The highest BCUT2D eigenvalue weighted by atomic mass is 16.4. The van der Waals surface area contributed by atoms with Crippen LogP contribution in [0.3, 0.4) is 0 Å². The molecular weight excluding hydrogens is 272 g/mol. The van der Waals surface area contributed by atoms with Gasteiger partial charge in [0.15, 0.2) is 0 Å². The lowest BCUT2D eigenvalue weighted by molar-refractivity contribution is -0.136. The van der Waals surface area contributed by atoms with Crippen molar-refractivity contribution in [1.82, 2.24) is 0 Å². The van der Waals surface area contributed by atoms with Crippen LogP contribution in [0.15, 0.2) is 24.3 Å². The Balaban J connectivity index is 1.96. The van der Waals surface area contributed by atoms with Crippen molar-refractivity contribution in [3.05, 3.63) is 24.3 Å². The lowest BCUT2D eigenvalue weighted by atomic mass is 9.94. The summed E-state index contributed by atoms with van der Waals surface area (Å²) in [5, 5.41) is 8.59. The van der Waals surface area contributed by atoms with Gasteiger partial charge in [0, 0.05) is 6.42 Å². The smallest absolute Gasteiger partial charge is 0.303 e. The summed E-state index contributed by atoms with van der Waals surface area (Å²) in [6.07, 6.45) is 23.1. The molecule has 0 aromatic carbocycles. The standard InChI is InChI=1S/C20H34O2/c1-2-18(13-8-5-9-17-20(21)22)12-6-3-4-7-14-19-15-10-11-16-19/h5,8,10,15,18-19H,2-4,6-7,9,11-14,16-17H2,1H3,(H,21,22)/b8-5+/t18-,19-/m1/s1. The quantitative estimate of drug-likeness (QED) is 0.328. The molecule has 0 aliphatic heterocycles. The zero-order chi connectivity index (χ0) is 16.0. The number of unbranched alkanes of at least 4 members (excludes halogenated alkanes) is 3. The zero-order valence-electron chi connectivity index (χ0n) is 14.3. The van der Waals surface area contributed by atoms with Crippen molar-refractivity contribution >= 4 is 5.97 Å². The molecule has 1 aliphatic carbocycles. The Morgan fingerprint density at radius 1 is 1.27 bits per heavy atom. The van der Waals surface area contributed by atoms with Crippen LogP contribution < -0.4 is 0 Å². The van der Waals surface area contributed by atoms with Gasteiger partial charge >= 0.3 is 5.97 Å². The first-order valence-electron chi connectivity index (χ1n) is 9.25. The number of rotatable bonds is 13. The first-order valence-corrected chi connectivity index (χ1v) is 9.25. The first-order chi connectivity index (χ1) is 10.7. The number of hydrogen-bond acceptors (Lipinski definition) is 1. The van der Waals surface area contributed by atoms with Crippen molar-refractivity contribution in [3.8, 4) is 0 Å². The van der Waals surface area contributed by atoms with Gasteiger partial charge in [0.05, 0.1) is 0 Å². The number of hydrogen-bond donors (Lipinski definition) is 1. The van der Waals surface area contributed by atoms with E-state index in [1.54, 1.807) is 0 Å². The Labute approximate surface area is 136 Å². The summed E-state index contributed by atoms with van der Waals surface area (Å²) < 4.78 is 0. The fourth-order valence-electron chi connectivity index (χ4n) is 3.23. The van der Waals surface area contributed by atoms with E-state index in [2.05, 4.69) is 25.2 Å². The Bertz CT molecular complexity index is 344. The SMILES string of the molecule is CC[C@@H](C/C=C/CCC(=O)O)CCCCCC[C@@H]1C=CCC1. The molecule has 0 bridgehead atoms. The molecule has 0 saturated heterocycles. The molecule has 1 rings (SSSR count). The molecule has 2 atom stereocenters. The third kappa shape index (κ3) is 9.81. The molecule has 0 amide bonds. The summed E-state index contributed by atoms with van der Waals surface area (Å²) in [6.45, 7) is 2.27. The molecule has 0 aromatic rings. The minimum atomic E-state index is -0.704. The summed E-state index contributed by atoms with van der Waals surface area (Å²) in [4.78, 5) is 10.4. The van der Waals surface area contributed by atoms with Crippen molar-refractivity contribution in [2.75, 3.05) is 0 Å². The molecule has 0 fully saturated rings. The average molecular weight is 306 g/mol. The Hall–Kier alpha value is -1.05. The van der Waals surface area contributed by atoms with Gasteiger partial charge in [-0.2, -0.15) is 0 Å². The summed E-state index contributed by atoms with van der Waals surface area (Å²) in [6, 6.07) is 0. The van der Waals surface area contributed by atoms with E-state index < -0.39 is 5.97 Å². The summed E-state index contributed by atoms with van der Waals surface area (Å²) in [5.41, 5.74) is 0. The van der Waals surface area contributed by atoms with Gasteiger partial charge in [-0.05, 0) is 43.9 Å². The molecule has 2 heteroatoms. The molecule has 22 heavy (non-hydrogen) atoms. The summed E-state index contributed by atoms with van der Waals surface area (Å²) in [5.74, 6) is 0.947. The van der Waals surface area contributed by atoms with E-state index in [1.807, 2.05) is 6.08 Å². The highest BCUT2D eigenvalue weighted by molar-refractivity contribution is 5.66. The minimum absolute atomic E-state index is 0.253. The van der Waals surface area contributed by atoms with Crippen molar-refractivity contribution < 1.29 is 9.90 Å². The van der Waals surface area contributed by atoms with Gasteiger partial charge in [0.2, 0.25) is 0 Å². The Morgan fingerprint density at radius 2 is 2.09 bits per heavy atom. The average Bonchev–Trinajstić information content (AvgIpc) is 3.01. The predicted octanol–water partition coefficient (Wildman–Crippen LogP) is 6.13. The predicted molar refractivity (Wildman–Crippen MR) is 94.0 cm³/mol. The van der Waals surface area contributed by atoms with E-state index in [1.165, 1.54) is 57.8 Å². The highest BCUT2D eigenvalue weighted by Gasteiger charge is 2.08. The normalized spacial score (nSPS) is 19.0. The monoisotopic (exact) mass is 306 g/mol.